The number of hydrogen-bond acceptors (Lipinski definition) is 2. The summed E-state index contributed by atoms with van der Waals surface area (Å²) in [7, 11) is 0. The Morgan fingerprint density at radius 3 is 2.53 bits per heavy atom. The molecule has 1 aromatic carbocycles. The van der Waals surface area contributed by atoms with Gasteiger partial charge in [-0.25, -0.2) is 8.78 Å². The highest BCUT2D eigenvalue weighted by atomic mass is 35.5. The van der Waals surface area contributed by atoms with Crippen molar-refractivity contribution in [3.8, 4) is 0 Å². The van der Waals surface area contributed by atoms with Gasteiger partial charge in [-0.15, -0.1) is 11.3 Å². The van der Waals surface area contributed by atoms with Crippen LogP contribution in [0.2, 0.25) is 4.34 Å². The molecule has 1 N–H and O–H groups in total. The summed E-state index contributed by atoms with van der Waals surface area (Å²) in [5.74, 6) is -2.02. The monoisotopic (exact) mass is 274 g/mol. The Morgan fingerprint density at radius 1 is 1.24 bits per heavy atom. The molecule has 0 aliphatic rings. The molecule has 0 amide bonds. The first-order valence-electron chi connectivity index (χ1n) is 4.85. The van der Waals surface area contributed by atoms with Crippen molar-refractivity contribution >= 4 is 22.9 Å². The van der Waals surface area contributed by atoms with Crippen LogP contribution in [0.15, 0.2) is 30.3 Å². The van der Waals surface area contributed by atoms with E-state index in [4.69, 9.17) is 11.6 Å². The summed E-state index contributed by atoms with van der Waals surface area (Å²) >= 11 is 6.89. The molecule has 1 aromatic heterocycles. The van der Waals surface area contributed by atoms with Crippen LogP contribution < -0.4 is 0 Å². The Balaban J connectivity index is 2.55. The number of halogens is 3. The molecule has 5 heteroatoms. The van der Waals surface area contributed by atoms with Gasteiger partial charge in [0.2, 0.25) is 0 Å². The lowest BCUT2D eigenvalue weighted by atomic mass is 9.94. The number of benzene rings is 1. The van der Waals surface area contributed by atoms with Gasteiger partial charge >= 0.3 is 0 Å². The predicted octanol–water partition coefficient (Wildman–Crippen LogP) is 3.94. The van der Waals surface area contributed by atoms with E-state index in [-0.39, 0.29) is 5.56 Å². The van der Waals surface area contributed by atoms with Crippen molar-refractivity contribution < 1.29 is 13.9 Å². The number of aliphatic hydroxyl groups is 1. The molecule has 0 spiro atoms. The second-order valence-electron chi connectivity index (χ2n) is 3.78. The van der Waals surface area contributed by atoms with Crippen LogP contribution in [0, 0.1) is 11.6 Å². The number of rotatable bonds is 2. The third kappa shape index (κ3) is 2.20. The van der Waals surface area contributed by atoms with Gasteiger partial charge in [0.05, 0.1) is 4.34 Å². The summed E-state index contributed by atoms with van der Waals surface area (Å²) in [6.45, 7) is 1.41. The molecule has 0 aliphatic carbocycles. The van der Waals surface area contributed by atoms with Crippen LogP contribution in [0.25, 0.3) is 0 Å². The Morgan fingerprint density at radius 2 is 1.94 bits per heavy atom. The molecule has 0 radical (unpaired) electrons. The number of thiophene rings is 1. The van der Waals surface area contributed by atoms with Crippen LogP contribution in [0.5, 0.6) is 0 Å². The van der Waals surface area contributed by atoms with Crippen LogP contribution in [0.1, 0.15) is 17.4 Å². The fourth-order valence-corrected chi connectivity index (χ4v) is 2.69. The highest BCUT2D eigenvalue weighted by Crippen LogP contribution is 2.37. The molecule has 1 nitrogen and oxygen atoms in total. The minimum Gasteiger partial charge on any atom is -0.380 e. The standard InChI is InChI=1S/C12H9ClF2OS/c1-12(16,9-5-6-10(13)17-9)7-3-2-4-8(14)11(7)15/h2-6,16H,1H3. The van der Waals surface area contributed by atoms with Crippen molar-refractivity contribution in [1.82, 2.24) is 0 Å². The van der Waals surface area contributed by atoms with E-state index in [9.17, 15) is 13.9 Å². The first kappa shape index (κ1) is 12.5. The zero-order chi connectivity index (χ0) is 12.6. The third-order valence-corrected chi connectivity index (χ3v) is 3.97. The van der Waals surface area contributed by atoms with Crippen LogP contribution in [-0.4, -0.2) is 5.11 Å². The van der Waals surface area contributed by atoms with Gasteiger partial charge in [-0.05, 0) is 25.1 Å². The SMILES string of the molecule is CC(O)(c1ccc(Cl)s1)c1cccc(F)c1F. The molecule has 0 fully saturated rings. The van der Waals surface area contributed by atoms with Gasteiger partial charge in [-0.3, -0.25) is 0 Å². The van der Waals surface area contributed by atoms with Crippen molar-refractivity contribution in [2.45, 2.75) is 12.5 Å². The molecule has 0 bridgehead atoms. The van der Waals surface area contributed by atoms with E-state index in [0.29, 0.717) is 9.21 Å². The van der Waals surface area contributed by atoms with E-state index >= 15 is 0 Å². The molecule has 17 heavy (non-hydrogen) atoms. The van der Waals surface area contributed by atoms with Crippen LogP contribution in [0.3, 0.4) is 0 Å². The minimum absolute atomic E-state index is 0.101. The smallest absolute Gasteiger partial charge is 0.165 e. The lowest BCUT2D eigenvalue weighted by molar-refractivity contribution is 0.101. The maximum atomic E-state index is 13.6. The van der Waals surface area contributed by atoms with Gasteiger partial charge < -0.3 is 5.11 Å². The molecule has 90 valence electrons. The average Bonchev–Trinajstić information content (AvgIpc) is 2.69. The molecular weight excluding hydrogens is 266 g/mol. The van der Waals surface area contributed by atoms with Crippen molar-refractivity contribution in [2.24, 2.45) is 0 Å². The van der Waals surface area contributed by atoms with E-state index in [1.807, 2.05) is 0 Å². The van der Waals surface area contributed by atoms with Crippen molar-refractivity contribution in [3.05, 3.63) is 56.7 Å². The molecule has 0 saturated heterocycles. The van der Waals surface area contributed by atoms with Crippen molar-refractivity contribution in [2.75, 3.05) is 0 Å². The van der Waals surface area contributed by atoms with Gasteiger partial charge in [-0.1, -0.05) is 23.7 Å². The topological polar surface area (TPSA) is 20.2 Å². The number of hydrogen-bond donors (Lipinski definition) is 1. The zero-order valence-electron chi connectivity index (χ0n) is 8.88. The van der Waals surface area contributed by atoms with Gasteiger partial charge in [0.25, 0.3) is 0 Å². The second-order valence-corrected chi connectivity index (χ2v) is 5.49. The van der Waals surface area contributed by atoms with Crippen LogP contribution in [-0.2, 0) is 5.60 Å². The first-order chi connectivity index (χ1) is 7.93. The predicted molar refractivity (Wildman–Crippen MR) is 64.4 cm³/mol. The van der Waals surface area contributed by atoms with E-state index < -0.39 is 17.2 Å². The van der Waals surface area contributed by atoms with Gasteiger partial charge in [0.15, 0.2) is 11.6 Å². The summed E-state index contributed by atoms with van der Waals surface area (Å²) in [5, 5.41) is 10.3. The molecular formula is C12H9ClF2OS. The Bertz CT molecular complexity index is 551. The minimum atomic E-state index is -1.59. The maximum Gasteiger partial charge on any atom is 0.165 e. The summed E-state index contributed by atoms with van der Waals surface area (Å²) in [5.41, 5.74) is -1.69. The normalized spacial score (nSPS) is 14.6. The molecule has 2 aromatic rings. The summed E-state index contributed by atoms with van der Waals surface area (Å²) < 4.78 is 27.2. The molecule has 1 heterocycles. The Labute approximate surface area is 106 Å². The quantitative estimate of drug-likeness (QED) is 0.880. The van der Waals surface area contributed by atoms with Crippen LogP contribution >= 0.6 is 22.9 Å². The van der Waals surface area contributed by atoms with Crippen molar-refractivity contribution in [3.63, 3.8) is 0 Å². The first-order valence-corrected chi connectivity index (χ1v) is 6.05. The third-order valence-electron chi connectivity index (χ3n) is 2.53. The lowest BCUT2D eigenvalue weighted by Gasteiger charge is -2.23. The molecule has 1 atom stereocenters. The summed E-state index contributed by atoms with van der Waals surface area (Å²) in [6, 6.07) is 6.92. The molecule has 0 saturated carbocycles. The van der Waals surface area contributed by atoms with Crippen molar-refractivity contribution in [1.29, 1.82) is 0 Å². The maximum absolute atomic E-state index is 13.6. The summed E-state index contributed by atoms with van der Waals surface area (Å²) in [6.07, 6.45) is 0. The lowest BCUT2D eigenvalue weighted by Crippen LogP contribution is -2.23. The fraction of sp³-hybridized carbons (Fsp3) is 0.167. The Kier molecular flexibility index (Phi) is 3.21. The summed E-state index contributed by atoms with van der Waals surface area (Å²) in [4.78, 5) is 0.465. The molecule has 2 rings (SSSR count). The Hall–Kier alpha value is -0.970. The van der Waals surface area contributed by atoms with Crippen LogP contribution in [0.4, 0.5) is 8.78 Å². The van der Waals surface area contributed by atoms with Gasteiger partial charge in [0.1, 0.15) is 5.60 Å². The molecule has 1 unspecified atom stereocenters. The van der Waals surface area contributed by atoms with E-state index in [2.05, 4.69) is 0 Å². The average molecular weight is 275 g/mol. The second kappa shape index (κ2) is 4.37. The van der Waals surface area contributed by atoms with E-state index in [1.54, 1.807) is 12.1 Å². The van der Waals surface area contributed by atoms with E-state index in [0.717, 1.165) is 17.4 Å². The fourth-order valence-electron chi connectivity index (χ4n) is 1.59. The highest BCUT2D eigenvalue weighted by molar-refractivity contribution is 7.16. The zero-order valence-corrected chi connectivity index (χ0v) is 10.4. The molecule has 0 aliphatic heterocycles. The van der Waals surface area contributed by atoms with Gasteiger partial charge in [0, 0.05) is 10.4 Å². The van der Waals surface area contributed by atoms with E-state index in [1.165, 1.54) is 19.1 Å². The highest BCUT2D eigenvalue weighted by Gasteiger charge is 2.31. The largest absolute Gasteiger partial charge is 0.380 e. The van der Waals surface area contributed by atoms with Gasteiger partial charge in [-0.2, -0.15) is 0 Å².